The minimum absolute atomic E-state index is 0.0621. The molecule has 1 N–H and O–H groups in total. The average molecular weight is 351 g/mol. The van der Waals surface area contributed by atoms with E-state index in [1.54, 1.807) is 0 Å². The number of amides is 1. The average Bonchev–Trinajstić information content (AvgIpc) is 2.64. The summed E-state index contributed by atoms with van der Waals surface area (Å²) in [4.78, 5) is 15.4. The van der Waals surface area contributed by atoms with Crippen LogP contribution in [0.5, 0.6) is 0 Å². The summed E-state index contributed by atoms with van der Waals surface area (Å²) < 4.78 is 0. The van der Waals surface area contributed by atoms with E-state index in [4.69, 9.17) is 0 Å². The topological polar surface area (TPSA) is 32.3 Å². The van der Waals surface area contributed by atoms with E-state index < -0.39 is 0 Å². The van der Waals surface area contributed by atoms with Crippen LogP contribution in [0.25, 0.3) is 0 Å². The van der Waals surface area contributed by atoms with Crippen LogP contribution in [0.4, 0.5) is 5.69 Å². The van der Waals surface area contributed by atoms with Crippen molar-refractivity contribution in [3.8, 4) is 0 Å². The van der Waals surface area contributed by atoms with Crippen molar-refractivity contribution in [2.75, 3.05) is 18.4 Å². The number of likely N-dealkylation sites (tertiary alicyclic amines) is 1. The molecule has 0 bridgehead atoms. The van der Waals surface area contributed by atoms with Crippen LogP contribution in [-0.2, 0) is 11.3 Å². The highest BCUT2D eigenvalue weighted by molar-refractivity contribution is 5.94. The molecule has 3 rings (SSSR count). The summed E-state index contributed by atoms with van der Waals surface area (Å²) in [5.41, 5.74) is 4.68. The molecule has 1 aliphatic heterocycles. The van der Waals surface area contributed by atoms with Crippen LogP contribution in [-0.4, -0.2) is 23.9 Å². The Morgan fingerprint density at radius 3 is 2.65 bits per heavy atom. The van der Waals surface area contributed by atoms with Crippen molar-refractivity contribution < 1.29 is 4.79 Å². The monoisotopic (exact) mass is 350 g/mol. The van der Waals surface area contributed by atoms with Gasteiger partial charge in [0.05, 0.1) is 5.92 Å². The van der Waals surface area contributed by atoms with Crippen molar-refractivity contribution >= 4 is 11.6 Å². The molecule has 1 saturated heterocycles. The van der Waals surface area contributed by atoms with E-state index in [0.29, 0.717) is 5.92 Å². The number of nitrogens with zero attached hydrogens (tertiary/aromatic N) is 1. The predicted molar refractivity (Wildman–Crippen MR) is 108 cm³/mol. The molecule has 1 fully saturated rings. The van der Waals surface area contributed by atoms with Gasteiger partial charge in [0.25, 0.3) is 0 Å². The quantitative estimate of drug-likeness (QED) is 0.826. The molecule has 26 heavy (non-hydrogen) atoms. The first-order valence-electron chi connectivity index (χ1n) is 9.71. The zero-order valence-electron chi connectivity index (χ0n) is 16.2. The fraction of sp³-hybridized carbons (Fsp3) is 0.435. The highest BCUT2D eigenvalue weighted by atomic mass is 16.1. The smallest absolute Gasteiger partial charge is 0.228 e. The highest BCUT2D eigenvalue weighted by Gasteiger charge is 2.26. The number of hydrogen-bond donors (Lipinski definition) is 1. The number of benzene rings is 2. The maximum Gasteiger partial charge on any atom is 0.228 e. The molecule has 0 spiro atoms. The van der Waals surface area contributed by atoms with Gasteiger partial charge in [-0.15, -0.1) is 0 Å². The van der Waals surface area contributed by atoms with Crippen LogP contribution in [0.3, 0.4) is 0 Å². The molecular weight excluding hydrogens is 320 g/mol. The molecule has 0 saturated carbocycles. The number of nitrogens with one attached hydrogen (secondary N) is 1. The van der Waals surface area contributed by atoms with E-state index in [1.807, 2.05) is 6.07 Å². The van der Waals surface area contributed by atoms with Gasteiger partial charge in [0, 0.05) is 18.8 Å². The van der Waals surface area contributed by atoms with Crippen LogP contribution in [0.15, 0.2) is 48.5 Å². The van der Waals surface area contributed by atoms with Crippen LogP contribution >= 0.6 is 0 Å². The number of carbonyl (C=O) groups excluding carboxylic acids is 1. The Labute approximate surface area is 157 Å². The van der Waals surface area contributed by atoms with Crippen molar-refractivity contribution in [3.63, 3.8) is 0 Å². The summed E-state index contributed by atoms with van der Waals surface area (Å²) in [5, 5.41) is 3.25. The molecule has 0 aliphatic carbocycles. The first kappa shape index (κ1) is 18.7. The second-order valence-corrected chi connectivity index (χ2v) is 7.74. The summed E-state index contributed by atoms with van der Waals surface area (Å²) in [5.74, 6) is 0.622. The Balaban J connectivity index is 1.67. The van der Waals surface area contributed by atoms with Crippen molar-refractivity contribution in [3.05, 3.63) is 65.2 Å². The number of piperidine rings is 1. The molecule has 2 aromatic rings. The van der Waals surface area contributed by atoms with Crippen LogP contribution in [0.2, 0.25) is 0 Å². The molecule has 1 aliphatic rings. The second kappa shape index (κ2) is 8.50. The van der Waals surface area contributed by atoms with E-state index in [1.165, 1.54) is 11.1 Å². The van der Waals surface area contributed by atoms with Crippen molar-refractivity contribution in [1.29, 1.82) is 0 Å². The lowest BCUT2D eigenvalue weighted by Gasteiger charge is -2.32. The zero-order valence-corrected chi connectivity index (χ0v) is 16.2. The first-order valence-corrected chi connectivity index (χ1v) is 9.71. The van der Waals surface area contributed by atoms with E-state index in [0.717, 1.165) is 43.7 Å². The molecular formula is C23H30N2O. The summed E-state index contributed by atoms with van der Waals surface area (Å²) in [6.45, 7) is 9.25. The van der Waals surface area contributed by atoms with E-state index in [2.05, 4.69) is 73.5 Å². The molecule has 3 nitrogen and oxygen atoms in total. The lowest BCUT2D eigenvalue weighted by Crippen LogP contribution is -2.40. The summed E-state index contributed by atoms with van der Waals surface area (Å²) in [6.07, 6.45) is 2.05. The SMILES string of the molecule is Cc1cccc(C(C)C)c1NC(=O)C1CCCN(Cc2ccccc2)C1. The number of hydrogen-bond acceptors (Lipinski definition) is 2. The van der Waals surface area contributed by atoms with Gasteiger partial charge in [-0.3, -0.25) is 9.69 Å². The molecule has 1 unspecified atom stereocenters. The fourth-order valence-corrected chi connectivity index (χ4v) is 3.82. The number of anilines is 1. The maximum atomic E-state index is 13.0. The van der Waals surface area contributed by atoms with Gasteiger partial charge in [-0.05, 0) is 48.9 Å². The van der Waals surface area contributed by atoms with Crippen LogP contribution in [0.1, 0.15) is 49.3 Å². The highest BCUT2D eigenvalue weighted by Crippen LogP contribution is 2.29. The Kier molecular flexibility index (Phi) is 6.10. The normalized spacial score (nSPS) is 18.1. The van der Waals surface area contributed by atoms with Gasteiger partial charge in [0.2, 0.25) is 5.91 Å². The molecule has 0 radical (unpaired) electrons. The molecule has 1 heterocycles. The third-order valence-corrected chi connectivity index (χ3v) is 5.30. The standard InChI is InChI=1S/C23H30N2O/c1-17(2)21-13-7-9-18(3)22(21)24-23(26)20-12-8-14-25(16-20)15-19-10-5-4-6-11-19/h4-7,9-11,13,17,20H,8,12,14-16H2,1-3H3,(H,24,26). The Hall–Kier alpha value is -2.13. The third-order valence-electron chi connectivity index (χ3n) is 5.30. The largest absolute Gasteiger partial charge is 0.325 e. The fourth-order valence-electron chi connectivity index (χ4n) is 3.82. The molecule has 2 aromatic carbocycles. The van der Waals surface area contributed by atoms with Crippen LogP contribution in [0, 0.1) is 12.8 Å². The number of rotatable bonds is 5. The second-order valence-electron chi connectivity index (χ2n) is 7.74. The van der Waals surface area contributed by atoms with Gasteiger partial charge in [-0.1, -0.05) is 62.4 Å². The Bertz CT molecular complexity index is 739. The molecule has 1 atom stereocenters. The van der Waals surface area contributed by atoms with E-state index >= 15 is 0 Å². The third kappa shape index (κ3) is 4.53. The van der Waals surface area contributed by atoms with Gasteiger partial charge >= 0.3 is 0 Å². The number of aryl methyl sites for hydroxylation is 1. The zero-order chi connectivity index (χ0) is 18.5. The minimum Gasteiger partial charge on any atom is -0.325 e. The van der Waals surface area contributed by atoms with Gasteiger partial charge in [-0.25, -0.2) is 0 Å². The van der Waals surface area contributed by atoms with Gasteiger partial charge < -0.3 is 5.32 Å². The first-order chi connectivity index (χ1) is 12.5. The van der Waals surface area contributed by atoms with Gasteiger partial charge in [0.15, 0.2) is 0 Å². The molecule has 138 valence electrons. The summed E-state index contributed by atoms with van der Waals surface area (Å²) >= 11 is 0. The van der Waals surface area contributed by atoms with Gasteiger partial charge in [0.1, 0.15) is 0 Å². The Morgan fingerprint density at radius 1 is 1.15 bits per heavy atom. The lowest BCUT2D eigenvalue weighted by atomic mass is 9.94. The molecule has 1 amide bonds. The van der Waals surface area contributed by atoms with Crippen molar-refractivity contribution in [2.24, 2.45) is 5.92 Å². The van der Waals surface area contributed by atoms with E-state index in [9.17, 15) is 4.79 Å². The maximum absolute atomic E-state index is 13.0. The minimum atomic E-state index is 0.0621. The van der Waals surface area contributed by atoms with Crippen molar-refractivity contribution in [1.82, 2.24) is 4.90 Å². The van der Waals surface area contributed by atoms with Crippen molar-refractivity contribution in [2.45, 2.75) is 46.1 Å². The molecule has 3 heteroatoms. The molecule has 0 aromatic heterocycles. The Morgan fingerprint density at radius 2 is 1.92 bits per heavy atom. The number of carbonyl (C=O) groups is 1. The predicted octanol–water partition coefficient (Wildman–Crippen LogP) is 4.97. The van der Waals surface area contributed by atoms with E-state index in [-0.39, 0.29) is 11.8 Å². The number of para-hydroxylation sites is 1. The van der Waals surface area contributed by atoms with Crippen LogP contribution < -0.4 is 5.32 Å². The summed E-state index contributed by atoms with van der Waals surface area (Å²) in [6, 6.07) is 16.8. The van der Waals surface area contributed by atoms with Gasteiger partial charge in [-0.2, -0.15) is 0 Å². The summed E-state index contributed by atoms with van der Waals surface area (Å²) in [7, 11) is 0. The lowest BCUT2D eigenvalue weighted by molar-refractivity contribution is -0.121.